The lowest BCUT2D eigenvalue weighted by atomic mass is 9.84. The maximum Gasteiger partial charge on any atom is 0.264 e. The number of amides is 4. The molecule has 7 heteroatoms. The summed E-state index contributed by atoms with van der Waals surface area (Å²) >= 11 is 0. The molecule has 0 radical (unpaired) electrons. The van der Waals surface area contributed by atoms with Gasteiger partial charge in [-0.2, -0.15) is 0 Å². The Hall–Kier alpha value is -2.70. The Morgan fingerprint density at radius 2 is 1.95 bits per heavy atom. The fourth-order valence-corrected chi connectivity index (χ4v) is 3.15. The fourth-order valence-electron chi connectivity index (χ4n) is 3.15. The second kappa shape index (κ2) is 4.66. The number of rotatable bonds is 2. The van der Waals surface area contributed by atoms with Crippen LogP contribution in [0.2, 0.25) is 0 Å². The lowest BCUT2D eigenvalue weighted by Crippen LogP contribution is -2.64. The van der Waals surface area contributed by atoms with Gasteiger partial charge in [-0.15, -0.1) is 0 Å². The van der Waals surface area contributed by atoms with Crippen molar-refractivity contribution in [2.45, 2.75) is 31.7 Å². The number of fused-ring (bicyclic) bond motifs is 1. The molecular formula is C15H15N3O4. The summed E-state index contributed by atoms with van der Waals surface area (Å²) in [4.78, 5) is 50.0. The molecule has 3 N–H and O–H groups in total. The van der Waals surface area contributed by atoms with Gasteiger partial charge in [0.2, 0.25) is 5.91 Å². The van der Waals surface area contributed by atoms with E-state index >= 15 is 0 Å². The molecule has 1 unspecified atom stereocenters. The van der Waals surface area contributed by atoms with E-state index in [9.17, 15) is 19.2 Å². The van der Waals surface area contributed by atoms with Crippen molar-refractivity contribution in [3.8, 4) is 0 Å². The molecule has 1 atom stereocenters. The van der Waals surface area contributed by atoms with E-state index < -0.39 is 29.2 Å². The average molecular weight is 301 g/mol. The first-order valence-corrected chi connectivity index (χ1v) is 7.04. The van der Waals surface area contributed by atoms with Crippen molar-refractivity contribution in [3.63, 3.8) is 0 Å². The summed E-state index contributed by atoms with van der Waals surface area (Å²) in [6.45, 7) is 1.71. The summed E-state index contributed by atoms with van der Waals surface area (Å²) in [5.74, 6) is -2.13. The second-order valence-electron chi connectivity index (χ2n) is 5.48. The van der Waals surface area contributed by atoms with E-state index in [1.165, 1.54) is 12.1 Å². The number of benzene rings is 1. The molecule has 0 aromatic heterocycles. The predicted molar refractivity (Wildman–Crippen MR) is 76.8 cm³/mol. The van der Waals surface area contributed by atoms with Crippen LogP contribution in [0.15, 0.2) is 18.2 Å². The molecule has 22 heavy (non-hydrogen) atoms. The van der Waals surface area contributed by atoms with Crippen LogP contribution in [0.3, 0.4) is 0 Å². The Kier molecular flexibility index (Phi) is 3.01. The Labute approximate surface area is 126 Å². The largest absolute Gasteiger partial charge is 0.398 e. The molecule has 7 nitrogen and oxygen atoms in total. The molecule has 0 saturated carbocycles. The smallest absolute Gasteiger partial charge is 0.264 e. The number of nitrogens with one attached hydrogen (secondary N) is 1. The van der Waals surface area contributed by atoms with Gasteiger partial charge >= 0.3 is 0 Å². The molecule has 1 aromatic carbocycles. The number of nitrogens with two attached hydrogens (primary N) is 1. The van der Waals surface area contributed by atoms with Gasteiger partial charge in [0, 0.05) is 12.1 Å². The molecule has 114 valence electrons. The SMILES string of the molecule is CCC1(N2C(=O)c3cccc(N)c3C2=O)CCC(=O)NC1=O. The second-order valence-corrected chi connectivity index (χ2v) is 5.48. The number of carbonyl (C=O) groups excluding carboxylic acids is 4. The molecule has 2 aliphatic rings. The van der Waals surface area contributed by atoms with Crippen molar-refractivity contribution in [3.05, 3.63) is 29.3 Å². The quantitative estimate of drug-likeness (QED) is 0.609. The maximum atomic E-state index is 12.7. The third-order valence-corrected chi connectivity index (χ3v) is 4.40. The standard InChI is InChI=1S/C15H15N3O4/c1-2-15(7-6-10(19)17-14(15)22)18-12(20)8-4-3-5-9(16)11(8)13(18)21/h3-5H,2,6-7,16H2,1H3,(H,17,19,22). The van der Waals surface area contributed by atoms with Crippen molar-refractivity contribution in [1.29, 1.82) is 0 Å². The average Bonchev–Trinajstić information content (AvgIpc) is 2.74. The van der Waals surface area contributed by atoms with E-state index in [4.69, 9.17) is 5.73 Å². The Morgan fingerprint density at radius 1 is 1.23 bits per heavy atom. The van der Waals surface area contributed by atoms with E-state index in [2.05, 4.69) is 5.32 Å². The van der Waals surface area contributed by atoms with Crippen molar-refractivity contribution in [2.75, 3.05) is 5.73 Å². The van der Waals surface area contributed by atoms with Crippen molar-refractivity contribution < 1.29 is 19.2 Å². The topological polar surface area (TPSA) is 110 Å². The minimum absolute atomic E-state index is 0.0858. The van der Waals surface area contributed by atoms with Crippen LogP contribution in [0, 0.1) is 0 Å². The molecule has 0 bridgehead atoms. The molecular weight excluding hydrogens is 286 g/mol. The van der Waals surface area contributed by atoms with Crippen LogP contribution in [-0.4, -0.2) is 34.1 Å². The van der Waals surface area contributed by atoms with Crippen molar-refractivity contribution in [2.24, 2.45) is 0 Å². The van der Waals surface area contributed by atoms with Crippen molar-refractivity contribution in [1.82, 2.24) is 10.2 Å². The van der Waals surface area contributed by atoms with Crippen molar-refractivity contribution >= 4 is 29.3 Å². The minimum atomic E-state index is -1.34. The van der Waals surface area contributed by atoms with Gasteiger partial charge in [0.25, 0.3) is 17.7 Å². The number of carbonyl (C=O) groups is 4. The van der Waals surface area contributed by atoms with Gasteiger partial charge < -0.3 is 5.73 Å². The van der Waals surface area contributed by atoms with E-state index in [-0.39, 0.29) is 36.1 Å². The van der Waals surface area contributed by atoms with Gasteiger partial charge in [-0.3, -0.25) is 29.4 Å². The number of nitrogens with zero attached hydrogens (tertiary/aromatic N) is 1. The molecule has 2 heterocycles. The van der Waals surface area contributed by atoms with Gasteiger partial charge in [-0.25, -0.2) is 0 Å². The molecule has 2 aliphatic heterocycles. The molecule has 0 aliphatic carbocycles. The highest BCUT2D eigenvalue weighted by atomic mass is 16.2. The van der Waals surface area contributed by atoms with Crippen LogP contribution in [0.4, 0.5) is 5.69 Å². The first-order chi connectivity index (χ1) is 10.4. The summed E-state index contributed by atoms with van der Waals surface area (Å²) in [5, 5.41) is 2.23. The van der Waals surface area contributed by atoms with Gasteiger partial charge in [0.15, 0.2) is 0 Å². The summed E-state index contributed by atoms with van der Waals surface area (Å²) in [5.41, 5.74) is 5.00. The zero-order valence-electron chi connectivity index (χ0n) is 12.0. The number of piperidine rings is 1. The van der Waals surface area contributed by atoms with Gasteiger partial charge in [-0.05, 0) is 25.0 Å². The summed E-state index contributed by atoms with van der Waals surface area (Å²) < 4.78 is 0. The minimum Gasteiger partial charge on any atom is -0.398 e. The van der Waals surface area contributed by atoms with E-state index in [1.54, 1.807) is 13.0 Å². The van der Waals surface area contributed by atoms with Crippen LogP contribution in [-0.2, 0) is 9.59 Å². The highest BCUT2D eigenvalue weighted by Gasteiger charge is 2.54. The first kappa shape index (κ1) is 14.2. The molecule has 1 fully saturated rings. The lowest BCUT2D eigenvalue weighted by Gasteiger charge is -2.40. The Bertz CT molecular complexity index is 727. The number of nitrogen functional groups attached to an aromatic ring is 1. The van der Waals surface area contributed by atoms with E-state index in [0.717, 1.165) is 4.90 Å². The van der Waals surface area contributed by atoms with Gasteiger partial charge in [0.1, 0.15) is 5.54 Å². The summed E-state index contributed by atoms with van der Waals surface area (Å²) in [6, 6.07) is 4.64. The third kappa shape index (κ3) is 1.68. The molecule has 4 amide bonds. The Balaban J connectivity index is 2.11. The van der Waals surface area contributed by atoms with Gasteiger partial charge in [-0.1, -0.05) is 13.0 Å². The monoisotopic (exact) mass is 301 g/mol. The van der Waals surface area contributed by atoms with Crippen LogP contribution >= 0.6 is 0 Å². The number of anilines is 1. The number of hydrogen-bond acceptors (Lipinski definition) is 5. The highest BCUT2D eigenvalue weighted by molar-refractivity contribution is 6.26. The Morgan fingerprint density at radius 3 is 2.55 bits per heavy atom. The summed E-state index contributed by atoms with van der Waals surface area (Å²) in [6.07, 6.45) is 0.444. The fraction of sp³-hybridized carbons (Fsp3) is 0.333. The zero-order valence-corrected chi connectivity index (χ0v) is 12.0. The van der Waals surface area contributed by atoms with Gasteiger partial charge in [0.05, 0.1) is 11.1 Å². The maximum absolute atomic E-state index is 12.7. The van der Waals surface area contributed by atoms with Crippen LogP contribution in [0.5, 0.6) is 0 Å². The van der Waals surface area contributed by atoms with E-state index in [1.807, 2.05) is 0 Å². The molecule has 1 saturated heterocycles. The molecule has 1 aromatic rings. The van der Waals surface area contributed by atoms with Crippen LogP contribution < -0.4 is 11.1 Å². The third-order valence-electron chi connectivity index (χ3n) is 4.40. The summed E-state index contributed by atoms with van der Waals surface area (Å²) in [7, 11) is 0. The van der Waals surface area contributed by atoms with Crippen LogP contribution in [0.25, 0.3) is 0 Å². The number of imide groups is 2. The highest BCUT2D eigenvalue weighted by Crippen LogP contribution is 2.37. The first-order valence-electron chi connectivity index (χ1n) is 7.04. The predicted octanol–water partition coefficient (Wildman–Crippen LogP) is 0.450. The normalized spacial score (nSPS) is 24.5. The molecule has 3 rings (SSSR count). The zero-order chi connectivity index (χ0) is 16.1. The van der Waals surface area contributed by atoms with E-state index in [0.29, 0.717) is 0 Å². The van der Waals surface area contributed by atoms with Crippen LogP contribution in [0.1, 0.15) is 46.9 Å². The number of hydrogen-bond donors (Lipinski definition) is 2. The molecule has 0 spiro atoms. The lowest BCUT2D eigenvalue weighted by molar-refractivity contribution is -0.142.